The van der Waals surface area contributed by atoms with Crippen molar-refractivity contribution in [2.45, 2.75) is 33.1 Å². The van der Waals surface area contributed by atoms with Crippen molar-refractivity contribution in [1.82, 2.24) is 0 Å². The largest absolute Gasteiger partial charge is 0.356 e. The third-order valence-electron chi connectivity index (χ3n) is 4.35. The molecule has 0 saturated carbocycles. The maximum Gasteiger partial charge on any atom is 0.0413 e. The van der Waals surface area contributed by atoms with Gasteiger partial charge in [-0.05, 0) is 65.9 Å². The van der Waals surface area contributed by atoms with E-state index in [1.165, 1.54) is 11.1 Å². The molecule has 25 heavy (non-hydrogen) atoms. The molecule has 0 aliphatic heterocycles. The lowest BCUT2D eigenvalue weighted by Gasteiger charge is -2.19. The summed E-state index contributed by atoms with van der Waals surface area (Å²) in [6.45, 7) is 8.81. The summed E-state index contributed by atoms with van der Waals surface area (Å²) in [5, 5.41) is 6.92. The molecule has 0 atom stereocenters. The molecular weight excluding hydrogens is 304 g/mol. The van der Waals surface area contributed by atoms with Crippen molar-refractivity contribution in [2.24, 2.45) is 0 Å². The molecule has 3 aromatic rings. The molecule has 0 heterocycles. The normalized spacial score (nSPS) is 11.2. The monoisotopic (exact) mass is 330 g/mol. The SMILES string of the molecule is Cc1ccccc1Nc1ccc(Nc2ccc(C(C)(C)C)cc2)cc1. The quantitative estimate of drug-likeness (QED) is 0.551. The van der Waals surface area contributed by atoms with Crippen LogP contribution < -0.4 is 10.6 Å². The summed E-state index contributed by atoms with van der Waals surface area (Å²) < 4.78 is 0. The van der Waals surface area contributed by atoms with Gasteiger partial charge >= 0.3 is 0 Å². The number of anilines is 4. The Morgan fingerprint density at radius 3 is 1.60 bits per heavy atom. The number of aryl methyl sites for hydroxylation is 1. The van der Waals surface area contributed by atoms with E-state index in [4.69, 9.17) is 0 Å². The molecule has 2 nitrogen and oxygen atoms in total. The highest BCUT2D eigenvalue weighted by atomic mass is 14.9. The summed E-state index contributed by atoms with van der Waals surface area (Å²) in [5.74, 6) is 0. The lowest BCUT2D eigenvalue weighted by molar-refractivity contribution is 0.590. The molecular formula is C23H26N2. The second-order valence-corrected chi connectivity index (χ2v) is 7.47. The van der Waals surface area contributed by atoms with Crippen molar-refractivity contribution in [1.29, 1.82) is 0 Å². The van der Waals surface area contributed by atoms with Gasteiger partial charge in [-0.1, -0.05) is 51.1 Å². The number of rotatable bonds is 4. The van der Waals surface area contributed by atoms with Gasteiger partial charge in [0, 0.05) is 22.7 Å². The molecule has 0 radical (unpaired) electrons. The van der Waals surface area contributed by atoms with Gasteiger partial charge in [0.15, 0.2) is 0 Å². The van der Waals surface area contributed by atoms with Crippen molar-refractivity contribution in [3.63, 3.8) is 0 Å². The standard InChI is InChI=1S/C23H26N2/c1-17-7-5-6-8-22(17)25-21-15-13-20(14-16-21)24-19-11-9-18(10-12-19)23(2,3)4/h5-16,24-25H,1-4H3. The van der Waals surface area contributed by atoms with Crippen LogP contribution in [-0.2, 0) is 5.41 Å². The molecule has 0 aliphatic carbocycles. The summed E-state index contributed by atoms with van der Waals surface area (Å²) in [7, 11) is 0. The number of benzene rings is 3. The lowest BCUT2D eigenvalue weighted by Crippen LogP contribution is -2.10. The highest BCUT2D eigenvalue weighted by molar-refractivity contribution is 5.67. The number of hydrogen-bond acceptors (Lipinski definition) is 2. The van der Waals surface area contributed by atoms with Crippen LogP contribution in [0.3, 0.4) is 0 Å². The van der Waals surface area contributed by atoms with Crippen LogP contribution in [-0.4, -0.2) is 0 Å². The fourth-order valence-corrected chi connectivity index (χ4v) is 2.73. The zero-order valence-corrected chi connectivity index (χ0v) is 15.4. The lowest BCUT2D eigenvalue weighted by atomic mass is 9.87. The molecule has 0 amide bonds. The van der Waals surface area contributed by atoms with E-state index >= 15 is 0 Å². The third kappa shape index (κ3) is 4.42. The van der Waals surface area contributed by atoms with Gasteiger partial charge in [-0.25, -0.2) is 0 Å². The molecule has 0 spiro atoms. The second-order valence-electron chi connectivity index (χ2n) is 7.47. The molecule has 0 fully saturated rings. The van der Waals surface area contributed by atoms with Gasteiger partial charge < -0.3 is 10.6 Å². The van der Waals surface area contributed by atoms with Crippen LogP contribution >= 0.6 is 0 Å². The first-order valence-corrected chi connectivity index (χ1v) is 8.72. The van der Waals surface area contributed by atoms with E-state index in [9.17, 15) is 0 Å². The van der Waals surface area contributed by atoms with Gasteiger partial charge in [0.05, 0.1) is 0 Å². The van der Waals surface area contributed by atoms with Crippen molar-refractivity contribution in [2.75, 3.05) is 10.6 Å². The van der Waals surface area contributed by atoms with E-state index in [2.05, 4.69) is 105 Å². The Morgan fingerprint density at radius 2 is 1.08 bits per heavy atom. The van der Waals surface area contributed by atoms with Crippen molar-refractivity contribution < 1.29 is 0 Å². The molecule has 2 heteroatoms. The summed E-state index contributed by atoms with van der Waals surface area (Å²) >= 11 is 0. The van der Waals surface area contributed by atoms with Crippen molar-refractivity contribution in [3.05, 3.63) is 83.9 Å². The zero-order valence-electron chi connectivity index (χ0n) is 15.4. The van der Waals surface area contributed by atoms with E-state index in [1.54, 1.807) is 0 Å². The first-order valence-electron chi connectivity index (χ1n) is 8.72. The topological polar surface area (TPSA) is 24.1 Å². The van der Waals surface area contributed by atoms with Crippen molar-refractivity contribution >= 4 is 22.7 Å². The summed E-state index contributed by atoms with van der Waals surface area (Å²) in [6.07, 6.45) is 0. The van der Waals surface area contributed by atoms with Gasteiger partial charge in [-0.2, -0.15) is 0 Å². The molecule has 0 aliphatic rings. The zero-order chi connectivity index (χ0) is 17.9. The van der Waals surface area contributed by atoms with Gasteiger partial charge in [0.25, 0.3) is 0 Å². The minimum absolute atomic E-state index is 0.182. The van der Waals surface area contributed by atoms with Gasteiger partial charge in [0.2, 0.25) is 0 Å². The van der Waals surface area contributed by atoms with E-state index in [-0.39, 0.29) is 5.41 Å². The average Bonchev–Trinajstić information content (AvgIpc) is 2.58. The minimum atomic E-state index is 0.182. The molecule has 0 aromatic heterocycles. The smallest absolute Gasteiger partial charge is 0.0413 e. The first kappa shape index (κ1) is 17.1. The fraction of sp³-hybridized carbons (Fsp3) is 0.217. The Hall–Kier alpha value is -2.74. The van der Waals surface area contributed by atoms with Crippen LogP contribution in [0, 0.1) is 6.92 Å². The minimum Gasteiger partial charge on any atom is -0.356 e. The van der Waals surface area contributed by atoms with E-state index in [1.807, 2.05) is 6.07 Å². The highest BCUT2D eigenvalue weighted by Gasteiger charge is 2.12. The van der Waals surface area contributed by atoms with Gasteiger partial charge in [-0.15, -0.1) is 0 Å². The molecule has 3 rings (SSSR count). The van der Waals surface area contributed by atoms with Crippen LogP contribution in [0.2, 0.25) is 0 Å². The van der Waals surface area contributed by atoms with Gasteiger partial charge in [-0.3, -0.25) is 0 Å². The fourth-order valence-electron chi connectivity index (χ4n) is 2.73. The van der Waals surface area contributed by atoms with Crippen LogP contribution in [0.25, 0.3) is 0 Å². The number of hydrogen-bond donors (Lipinski definition) is 2. The van der Waals surface area contributed by atoms with E-state index in [0.29, 0.717) is 0 Å². The highest BCUT2D eigenvalue weighted by Crippen LogP contribution is 2.26. The first-order chi connectivity index (χ1) is 11.9. The predicted molar refractivity (Wildman–Crippen MR) is 109 cm³/mol. The van der Waals surface area contributed by atoms with Crippen LogP contribution in [0.15, 0.2) is 72.8 Å². The van der Waals surface area contributed by atoms with E-state index < -0.39 is 0 Å². The Labute approximate surface area is 150 Å². The third-order valence-corrected chi connectivity index (χ3v) is 4.35. The predicted octanol–water partition coefficient (Wildman–Crippen LogP) is 6.78. The van der Waals surface area contributed by atoms with Gasteiger partial charge in [0.1, 0.15) is 0 Å². The molecule has 3 aromatic carbocycles. The molecule has 2 N–H and O–H groups in total. The van der Waals surface area contributed by atoms with Crippen molar-refractivity contribution in [3.8, 4) is 0 Å². The molecule has 0 bridgehead atoms. The van der Waals surface area contributed by atoms with E-state index in [0.717, 1.165) is 22.7 Å². The Kier molecular flexibility index (Phi) is 4.80. The summed E-state index contributed by atoms with van der Waals surface area (Å²) in [4.78, 5) is 0. The maximum absolute atomic E-state index is 3.46. The average molecular weight is 330 g/mol. The summed E-state index contributed by atoms with van der Waals surface area (Å²) in [6, 6.07) is 25.4. The Balaban J connectivity index is 1.67. The van der Waals surface area contributed by atoms with Crippen LogP contribution in [0.1, 0.15) is 31.9 Å². The molecule has 0 unspecified atom stereocenters. The number of para-hydroxylation sites is 1. The second kappa shape index (κ2) is 7.02. The molecule has 0 saturated heterocycles. The Bertz CT molecular complexity index is 825. The number of nitrogens with one attached hydrogen (secondary N) is 2. The maximum atomic E-state index is 3.46. The molecule has 128 valence electrons. The van der Waals surface area contributed by atoms with Crippen LogP contribution in [0.4, 0.5) is 22.7 Å². The summed E-state index contributed by atoms with van der Waals surface area (Å²) in [5.41, 5.74) is 7.18. The Morgan fingerprint density at radius 1 is 0.600 bits per heavy atom. The van der Waals surface area contributed by atoms with Crippen LogP contribution in [0.5, 0.6) is 0 Å².